The number of carbonyl (C=O) groups is 1. The topological polar surface area (TPSA) is 75.4 Å². The molecular weight excluding hydrogens is 384 g/mol. The zero-order valence-corrected chi connectivity index (χ0v) is 17.4. The number of carbonyl (C=O) groups excluding carboxylic acids is 1. The number of piperidine rings is 1. The molecule has 1 atom stereocenters. The van der Waals surface area contributed by atoms with Gasteiger partial charge >= 0.3 is 0 Å². The summed E-state index contributed by atoms with van der Waals surface area (Å²) in [5, 5.41) is 18.0. The number of rotatable bonds is 1. The molecule has 1 aromatic carbocycles. The van der Waals surface area contributed by atoms with Crippen LogP contribution < -0.4 is 10.6 Å². The molecule has 0 saturated carbocycles. The van der Waals surface area contributed by atoms with Gasteiger partial charge in [0.15, 0.2) is 16.5 Å². The summed E-state index contributed by atoms with van der Waals surface area (Å²) in [4.78, 5) is 21.6. The van der Waals surface area contributed by atoms with Gasteiger partial charge in [-0.3, -0.25) is 15.2 Å². The zero-order chi connectivity index (χ0) is 20.1. The fourth-order valence-corrected chi connectivity index (χ4v) is 5.29. The van der Waals surface area contributed by atoms with Gasteiger partial charge in [-0.25, -0.2) is 5.01 Å². The number of amidine groups is 2. The van der Waals surface area contributed by atoms with E-state index in [-0.39, 0.29) is 17.2 Å². The Morgan fingerprint density at radius 3 is 2.79 bits per heavy atom. The standard InChI is InChI=1S/C21H24N6OS/c1-13-7-9-26(10-8-13)20-24-27-18(22)16(19(28)25(2)21(27)29-20)11-14-12-23-17-6-4-3-5-15(14)17/h3-6,11,13,21-22H,7-10,12H2,1-2H3. The number of nitrogens with one attached hydrogen (secondary N) is 1. The number of thioether (sulfide) groups is 1. The van der Waals surface area contributed by atoms with Crippen molar-refractivity contribution in [3.8, 4) is 0 Å². The Morgan fingerprint density at radius 1 is 1.24 bits per heavy atom. The van der Waals surface area contributed by atoms with Gasteiger partial charge in [-0.15, -0.1) is 5.10 Å². The number of fused-ring (bicyclic) bond motifs is 2. The van der Waals surface area contributed by atoms with Crippen LogP contribution in [0.1, 0.15) is 19.8 Å². The molecule has 4 aliphatic heterocycles. The third-order valence-electron chi connectivity index (χ3n) is 6.02. The lowest BCUT2D eigenvalue weighted by Crippen LogP contribution is -2.53. The van der Waals surface area contributed by atoms with Crippen LogP contribution in [0.4, 0.5) is 0 Å². The minimum absolute atomic E-state index is 0.135. The molecular formula is C21H24N6OS. The molecule has 29 heavy (non-hydrogen) atoms. The molecule has 1 aromatic rings. The van der Waals surface area contributed by atoms with E-state index in [2.05, 4.69) is 16.8 Å². The van der Waals surface area contributed by atoms with E-state index in [1.54, 1.807) is 28.7 Å². The van der Waals surface area contributed by atoms with Gasteiger partial charge in [0.25, 0.3) is 5.91 Å². The highest BCUT2D eigenvalue weighted by Crippen LogP contribution is 2.36. The molecule has 2 saturated heterocycles. The van der Waals surface area contributed by atoms with E-state index < -0.39 is 0 Å². The van der Waals surface area contributed by atoms with E-state index in [9.17, 15) is 4.79 Å². The summed E-state index contributed by atoms with van der Waals surface area (Å²) in [6.07, 6.45) is 4.14. The first-order chi connectivity index (χ1) is 14.0. The third kappa shape index (κ3) is 3.06. The molecule has 4 aliphatic rings. The molecule has 5 rings (SSSR count). The number of nitrogens with zero attached hydrogens (tertiary/aromatic N) is 5. The highest BCUT2D eigenvalue weighted by Gasteiger charge is 2.44. The van der Waals surface area contributed by atoms with Gasteiger partial charge in [0, 0.05) is 25.4 Å². The average molecular weight is 409 g/mol. The lowest BCUT2D eigenvalue weighted by atomic mass is 10.00. The Balaban J connectivity index is 1.47. The van der Waals surface area contributed by atoms with Crippen LogP contribution in [0.25, 0.3) is 5.57 Å². The van der Waals surface area contributed by atoms with Gasteiger partial charge in [0.1, 0.15) is 0 Å². The van der Waals surface area contributed by atoms with Gasteiger partial charge in [-0.05, 0) is 48.2 Å². The van der Waals surface area contributed by atoms with Gasteiger partial charge < -0.3 is 9.80 Å². The van der Waals surface area contributed by atoms with Crippen LogP contribution in [-0.2, 0) is 4.79 Å². The maximum absolute atomic E-state index is 13.1. The molecule has 8 heteroatoms. The monoisotopic (exact) mass is 408 g/mol. The predicted octanol–water partition coefficient (Wildman–Crippen LogP) is 1.18. The smallest absolute Gasteiger partial charge is 0.259 e. The fraction of sp³-hybridized carbons (Fsp3) is 0.429. The summed E-state index contributed by atoms with van der Waals surface area (Å²) in [6, 6.07) is 7.93. The van der Waals surface area contributed by atoms with Gasteiger partial charge in [0.05, 0.1) is 17.5 Å². The van der Waals surface area contributed by atoms with Crippen LogP contribution in [0.15, 0.2) is 46.0 Å². The second-order valence-corrected chi connectivity index (χ2v) is 9.04. The van der Waals surface area contributed by atoms with Crippen molar-refractivity contribution in [2.45, 2.75) is 25.3 Å². The van der Waals surface area contributed by atoms with Gasteiger partial charge in [-0.1, -0.05) is 25.1 Å². The third-order valence-corrected chi connectivity index (χ3v) is 7.30. The SMILES string of the molecule is CC1CCN(C2=NN3C(=N)C(=CC4=c5ccccc5=NC4)C(=O)N(C)C3S2)CC1. The van der Waals surface area contributed by atoms with Crippen LogP contribution in [0.5, 0.6) is 0 Å². The van der Waals surface area contributed by atoms with E-state index >= 15 is 0 Å². The molecule has 0 radical (unpaired) electrons. The number of benzene rings is 1. The lowest BCUT2D eigenvalue weighted by Gasteiger charge is -2.36. The summed E-state index contributed by atoms with van der Waals surface area (Å²) >= 11 is 1.56. The summed E-state index contributed by atoms with van der Waals surface area (Å²) in [6.45, 7) is 4.79. The summed E-state index contributed by atoms with van der Waals surface area (Å²) < 4.78 is 0. The van der Waals surface area contributed by atoms with Crippen LogP contribution in [0.2, 0.25) is 0 Å². The molecule has 0 bridgehead atoms. The first-order valence-electron chi connectivity index (χ1n) is 10.0. The number of hydrogen-bond acceptors (Lipinski definition) is 6. The molecule has 0 aliphatic carbocycles. The average Bonchev–Trinajstić information content (AvgIpc) is 3.35. The number of likely N-dealkylation sites (N-methyl/N-ethyl adjacent to an activating group) is 1. The number of para-hydroxylation sites is 1. The van der Waals surface area contributed by atoms with Crippen LogP contribution in [-0.4, -0.2) is 63.9 Å². The van der Waals surface area contributed by atoms with Gasteiger partial charge in [-0.2, -0.15) is 0 Å². The molecule has 1 amide bonds. The van der Waals surface area contributed by atoms with Crippen molar-refractivity contribution in [1.82, 2.24) is 14.8 Å². The van der Waals surface area contributed by atoms with E-state index in [1.807, 2.05) is 30.3 Å². The van der Waals surface area contributed by atoms with E-state index in [0.717, 1.165) is 53.2 Å². The van der Waals surface area contributed by atoms with Crippen molar-refractivity contribution in [2.75, 3.05) is 26.7 Å². The summed E-state index contributed by atoms with van der Waals surface area (Å²) in [7, 11) is 1.79. The second kappa shape index (κ2) is 7.02. The highest BCUT2D eigenvalue weighted by atomic mass is 32.2. The summed E-state index contributed by atoms with van der Waals surface area (Å²) in [5.41, 5.74) is 1.07. The van der Waals surface area contributed by atoms with Crippen LogP contribution in [0.3, 0.4) is 0 Å². The number of likely N-dealkylation sites (tertiary alicyclic amines) is 1. The van der Waals surface area contributed by atoms with E-state index in [0.29, 0.717) is 12.1 Å². The minimum atomic E-state index is -0.285. The van der Waals surface area contributed by atoms with Crippen molar-refractivity contribution in [2.24, 2.45) is 16.0 Å². The maximum atomic E-state index is 13.1. The Morgan fingerprint density at radius 2 is 2.00 bits per heavy atom. The van der Waals surface area contributed by atoms with Crippen LogP contribution in [0, 0.1) is 11.3 Å². The molecule has 0 aromatic heterocycles. The van der Waals surface area contributed by atoms with Crippen molar-refractivity contribution in [3.63, 3.8) is 0 Å². The first-order valence-corrected chi connectivity index (χ1v) is 10.9. The number of amides is 1. The summed E-state index contributed by atoms with van der Waals surface area (Å²) in [5.74, 6) is 0.779. The Hall–Kier alpha value is -2.61. The van der Waals surface area contributed by atoms with E-state index in [4.69, 9.17) is 10.5 Å². The maximum Gasteiger partial charge on any atom is 0.259 e. The fourth-order valence-electron chi connectivity index (χ4n) is 4.13. The Labute approximate surface area is 174 Å². The largest absolute Gasteiger partial charge is 0.350 e. The first kappa shape index (κ1) is 18.4. The molecule has 7 nitrogen and oxygen atoms in total. The normalized spacial score (nSPS) is 26.1. The highest BCUT2D eigenvalue weighted by molar-refractivity contribution is 8.14. The Bertz CT molecular complexity index is 1070. The van der Waals surface area contributed by atoms with Crippen molar-refractivity contribution >= 4 is 34.2 Å². The second-order valence-electron chi connectivity index (χ2n) is 8.02. The number of hydrazone groups is 1. The molecule has 1 unspecified atom stereocenters. The minimum Gasteiger partial charge on any atom is -0.350 e. The molecule has 2 fully saturated rings. The Kier molecular flexibility index (Phi) is 4.46. The van der Waals surface area contributed by atoms with Gasteiger partial charge in [0.2, 0.25) is 0 Å². The predicted molar refractivity (Wildman–Crippen MR) is 115 cm³/mol. The quantitative estimate of drug-likeness (QED) is 0.708. The molecule has 4 heterocycles. The molecule has 150 valence electrons. The lowest BCUT2D eigenvalue weighted by molar-refractivity contribution is -0.128. The molecule has 0 spiro atoms. The van der Waals surface area contributed by atoms with Crippen molar-refractivity contribution in [1.29, 1.82) is 5.41 Å². The molecule has 1 N–H and O–H groups in total. The van der Waals surface area contributed by atoms with E-state index in [1.165, 1.54) is 0 Å². The van der Waals surface area contributed by atoms with Crippen molar-refractivity contribution < 1.29 is 4.79 Å². The van der Waals surface area contributed by atoms with Crippen LogP contribution >= 0.6 is 11.8 Å². The number of hydrogen-bond donors (Lipinski definition) is 1. The van der Waals surface area contributed by atoms with Crippen molar-refractivity contribution in [3.05, 3.63) is 46.5 Å². The zero-order valence-electron chi connectivity index (χ0n) is 16.6.